The van der Waals surface area contributed by atoms with E-state index >= 15 is 0 Å². The van der Waals surface area contributed by atoms with Crippen molar-refractivity contribution in [1.29, 1.82) is 0 Å². The Morgan fingerprint density at radius 3 is 2.50 bits per heavy atom. The molecule has 0 fully saturated rings. The Bertz CT molecular complexity index is 501. The second-order valence-electron chi connectivity index (χ2n) is 3.66. The van der Waals surface area contributed by atoms with E-state index in [1.54, 1.807) is 0 Å². The molecule has 0 bridgehead atoms. The lowest BCUT2D eigenvalue weighted by atomic mass is 10.0. The van der Waals surface area contributed by atoms with Gasteiger partial charge in [-0.05, 0) is 37.5 Å². The molecular weight excluding hydrogens is 200 g/mol. The molecule has 1 aromatic rings. The summed E-state index contributed by atoms with van der Waals surface area (Å²) in [6.45, 7) is 5.83. The molecular formula is C10H12O3S. The van der Waals surface area contributed by atoms with Gasteiger partial charge in [0, 0.05) is 5.56 Å². The van der Waals surface area contributed by atoms with E-state index in [0.29, 0.717) is 4.90 Å². The lowest BCUT2D eigenvalue weighted by Gasteiger charge is -2.07. The molecule has 1 aliphatic heterocycles. The van der Waals surface area contributed by atoms with Crippen LogP contribution in [0.15, 0.2) is 11.0 Å². The molecule has 14 heavy (non-hydrogen) atoms. The minimum atomic E-state index is -3.48. The van der Waals surface area contributed by atoms with Gasteiger partial charge in [-0.1, -0.05) is 6.07 Å². The van der Waals surface area contributed by atoms with Crippen LogP contribution in [-0.4, -0.2) is 8.42 Å². The molecule has 0 unspecified atom stereocenters. The minimum Gasteiger partial charge on any atom is -0.261 e. The van der Waals surface area contributed by atoms with E-state index in [1.807, 2.05) is 26.8 Å². The van der Waals surface area contributed by atoms with Crippen molar-refractivity contribution in [2.45, 2.75) is 32.3 Å². The molecule has 0 radical (unpaired) electrons. The average Bonchev–Trinajstić information content (AvgIpc) is 2.38. The van der Waals surface area contributed by atoms with Crippen LogP contribution in [0.1, 0.15) is 22.3 Å². The molecule has 0 aliphatic carbocycles. The lowest BCUT2D eigenvalue weighted by Crippen LogP contribution is -2.01. The van der Waals surface area contributed by atoms with Gasteiger partial charge in [0.05, 0.1) is 6.61 Å². The van der Waals surface area contributed by atoms with Crippen molar-refractivity contribution in [2.24, 2.45) is 0 Å². The highest BCUT2D eigenvalue weighted by Crippen LogP contribution is 2.34. The molecule has 0 atom stereocenters. The van der Waals surface area contributed by atoms with Crippen LogP contribution >= 0.6 is 0 Å². The summed E-state index contributed by atoms with van der Waals surface area (Å²) >= 11 is 0. The zero-order valence-electron chi connectivity index (χ0n) is 8.42. The normalized spacial score (nSPS) is 18.2. The van der Waals surface area contributed by atoms with Crippen LogP contribution in [0.3, 0.4) is 0 Å². The topological polar surface area (TPSA) is 43.4 Å². The maximum absolute atomic E-state index is 11.6. The molecule has 3 nitrogen and oxygen atoms in total. The number of fused-ring (bicyclic) bond motifs is 1. The molecule has 1 heterocycles. The van der Waals surface area contributed by atoms with Crippen molar-refractivity contribution in [3.8, 4) is 0 Å². The van der Waals surface area contributed by atoms with Gasteiger partial charge in [0.25, 0.3) is 10.1 Å². The zero-order chi connectivity index (χ0) is 10.5. The first kappa shape index (κ1) is 9.68. The van der Waals surface area contributed by atoms with Crippen LogP contribution in [0.4, 0.5) is 0 Å². The highest BCUT2D eigenvalue weighted by Gasteiger charge is 2.31. The predicted molar refractivity (Wildman–Crippen MR) is 52.6 cm³/mol. The summed E-state index contributed by atoms with van der Waals surface area (Å²) in [4.78, 5) is 0.384. The van der Waals surface area contributed by atoms with Crippen molar-refractivity contribution in [1.82, 2.24) is 0 Å². The number of rotatable bonds is 0. The molecule has 0 N–H and O–H groups in total. The Balaban J connectivity index is 2.89. The van der Waals surface area contributed by atoms with Gasteiger partial charge in [0.2, 0.25) is 0 Å². The Kier molecular flexibility index (Phi) is 1.94. The predicted octanol–water partition coefficient (Wildman–Crippen LogP) is 1.83. The third-order valence-corrected chi connectivity index (χ3v) is 4.20. The van der Waals surface area contributed by atoms with Crippen molar-refractivity contribution in [3.05, 3.63) is 28.3 Å². The Morgan fingerprint density at radius 2 is 1.86 bits per heavy atom. The van der Waals surface area contributed by atoms with Crippen LogP contribution in [-0.2, 0) is 20.9 Å². The first-order chi connectivity index (χ1) is 6.43. The lowest BCUT2D eigenvalue weighted by molar-refractivity contribution is 0.327. The second kappa shape index (κ2) is 2.81. The summed E-state index contributed by atoms with van der Waals surface area (Å²) in [5.74, 6) is 0. The summed E-state index contributed by atoms with van der Waals surface area (Å²) < 4.78 is 27.9. The minimum absolute atomic E-state index is 0.185. The molecule has 1 aliphatic rings. The summed E-state index contributed by atoms with van der Waals surface area (Å²) in [5, 5.41) is 0. The number of hydrogen-bond donors (Lipinski definition) is 0. The highest BCUT2D eigenvalue weighted by atomic mass is 32.2. The van der Waals surface area contributed by atoms with Crippen LogP contribution in [0.25, 0.3) is 0 Å². The van der Waals surface area contributed by atoms with Gasteiger partial charge in [0.15, 0.2) is 0 Å². The van der Waals surface area contributed by atoms with Crippen molar-refractivity contribution in [3.63, 3.8) is 0 Å². The molecule has 0 amide bonds. The van der Waals surface area contributed by atoms with E-state index < -0.39 is 10.1 Å². The molecule has 2 rings (SSSR count). The standard InChI is InChI=1S/C10H12O3S/c1-6-4-7(2)9-5-13-14(11,12)10(9)8(6)3/h4H,5H2,1-3H3. The molecule has 76 valence electrons. The van der Waals surface area contributed by atoms with E-state index in [2.05, 4.69) is 0 Å². The van der Waals surface area contributed by atoms with Gasteiger partial charge >= 0.3 is 0 Å². The van der Waals surface area contributed by atoms with Crippen LogP contribution in [0.2, 0.25) is 0 Å². The zero-order valence-corrected chi connectivity index (χ0v) is 9.23. The number of aryl methyl sites for hydroxylation is 2. The smallest absolute Gasteiger partial charge is 0.261 e. The van der Waals surface area contributed by atoms with E-state index in [4.69, 9.17) is 4.18 Å². The van der Waals surface area contributed by atoms with Gasteiger partial charge in [-0.25, -0.2) is 0 Å². The third-order valence-electron chi connectivity index (χ3n) is 2.72. The maximum atomic E-state index is 11.6. The second-order valence-corrected chi connectivity index (χ2v) is 5.21. The fraction of sp³-hybridized carbons (Fsp3) is 0.400. The molecule has 0 saturated heterocycles. The van der Waals surface area contributed by atoms with Crippen molar-refractivity contribution < 1.29 is 12.6 Å². The fourth-order valence-electron chi connectivity index (χ4n) is 1.82. The number of hydrogen-bond acceptors (Lipinski definition) is 3. The highest BCUT2D eigenvalue weighted by molar-refractivity contribution is 7.87. The van der Waals surface area contributed by atoms with E-state index in [1.165, 1.54) is 0 Å². The van der Waals surface area contributed by atoms with Crippen LogP contribution in [0, 0.1) is 20.8 Å². The molecule has 4 heteroatoms. The summed E-state index contributed by atoms with van der Waals surface area (Å²) in [6.07, 6.45) is 0. The fourth-order valence-corrected chi connectivity index (χ4v) is 3.27. The van der Waals surface area contributed by atoms with Gasteiger partial charge in [-0.2, -0.15) is 8.42 Å². The van der Waals surface area contributed by atoms with Crippen molar-refractivity contribution in [2.75, 3.05) is 0 Å². The van der Waals surface area contributed by atoms with Gasteiger partial charge in [0.1, 0.15) is 4.90 Å². The first-order valence-electron chi connectivity index (χ1n) is 4.42. The molecule has 1 aromatic carbocycles. The Morgan fingerprint density at radius 1 is 1.21 bits per heavy atom. The first-order valence-corrected chi connectivity index (χ1v) is 5.83. The van der Waals surface area contributed by atoms with Crippen molar-refractivity contribution >= 4 is 10.1 Å². The molecule has 0 aromatic heterocycles. The number of benzene rings is 1. The van der Waals surface area contributed by atoms with E-state index in [-0.39, 0.29) is 6.61 Å². The van der Waals surface area contributed by atoms with Gasteiger partial charge in [-0.3, -0.25) is 4.18 Å². The largest absolute Gasteiger partial charge is 0.297 e. The summed E-state index contributed by atoms with van der Waals surface area (Å²) in [7, 11) is -3.48. The summed E-state index contributed by atoms with van der Waals surface area (Å²) in [5.41, 5.74) is 3.61. The summed E-state index contributed by atoms with van der Waals surface area (Å²) in [6, 6.07) is 2.00. The quantitative estimate of drug-likeness (QED) is 0.616. The SMILES string of the molecule is Cc1cc(C)c2c(c1C)S(=O)(=O)OC2. The monoisotopic (exact) mass is 212 g/mol. The van der Waals surface area contributed by atoms with Gasteiger partial charge < -0.3 is 0 Å². The van der Waals surface area contributed by atoms with Crippen LogP contribution in [0.5, 0.6) is 0 Å². The van der Waals surface area contributed by atoms with E-state index in [0.717, 1.165) is 22.3 Å². The third kappa shape index (κ3) is 1.18. The maximum Gasteiger partial charge on any atom is 0.297 e. The average molecular weight is 212 g/mol. The van der Waals surface area contributed by atoms with E-state index in [9.17, 15) is 8.42 Å². The van der Waals surface area contributed by atoms with Crippen LogP contribution < -0.4 is 0 Å². The molecule has 0 saturated carbocycles. The Labute approximate surface area is 83.8 Å². The Hall–Kier alpha value is -0.870. The van der Waals surface area contributed by atoms with Gasteiger partial charge in [-0.15, -0.1) is 0 Å². The molecule has 0 spiro atoms.